The summed E-state index contributed by atoms with van der Waals surface area (Å²) >= 11 is 3.09. The fourth-order valence-electron chi connectivity index (χ4n) is 2.65. The zero-order chi connectivity index (χ0) is 13.8. The molecule has 1 aromatic carbocycles. The standard InChI is InChI=1S/C14H18BrF2NO/c15-12-3-4-13(16)11(14(12)17)9-18-6-1-2-10(8-18)5-7-19/h3-4,10,19H,1-2,5-9H2. The molecule has 2 rings (SSSR count). The molecule has 1 unspecified atom stereocenters. The smallest absolute Gasteiger partial charge is 0.144 e. The van der Waals surface area contributed by atoms with Gasteiger partial charge in [0.25, 0.3) is 0 Å². The van der Waals surface area contributed by atoms with Crippen molar-refractivity contribution >= 4 is 15.9 Å². The van der Waals surface area contributed by atoms with Gasteiger partial charge in [0.05, 0.1) is 4.47 Å². The number of benzene rings is 1. The van der Waals surface area contributed by atoms with Crippen molar-refractivity contribution in [1.29, 1.82) is 0 Å². The summed E-state index contributed by atoms with van der Waals surface area (Å²) in [7, 11) is 0. The maximum absolute atomic E-state index is 13.9. The molecular formula is C14H18BrF2NO. The number of rotatable bonds is 4. The highest BCUT2D eigenvalue weighted by atomic mass is 79.9. The van der Waals surface area contributed by atoms with Crippen LogP contribution in [-0.2, 0) is 6.54 Å². The molecule has 1 atom stereocenters. The topological polar surface area (TPSA) is 23.5 Å². The molecule has 106 valence electrons. The fourth-order valence-corrected chi connectivity index (χ4v) is 3.02. The van der Waals surface area contributed by atoms with Crippen LogP contribution in [0.1, 0.15) is 24.8 Å². The van der Waals surface area contributed by atoms with Gasteiger partial charge in [-0.05, 0) is 59.8 Å². The van der Waals surface area contributed by atoms with Gasteiger partial charge in [-0.2, -0.15) is 0 Å². The Morgan fingerprint density at radius 3 is 2.89 bits per heavy atom. The first-order valence-electron chi connectivity index (χ1n) is 6.57. The summed E-state index contributed by atoms with van der Waals surface area (Å²) in [5.41, 5.74) is 0.124. The number of hydrogen-bond donors (Lipinski definition) is 1. The predicted octanol–water partition coefficient (Wildman–Crippen LogP) is 3.32. The lowest BCUT2D eigenvalue weighted by molar-refractivity contribution is 0.140. The minimum absolute atomic E-state index is 0.124. The van der Waals surface area contributed by atoms with E-state index in [9.17, 15) is 8.78 Å². The summed E-state index contributed by atoms with van der Waals surface area (Å²) in [6.45, 7) is 2.12. The van der Waals surface area contributed by atoms with E-state index in [-0.39, 0.29) is 12.2 Å². The quantitative estimate of drug-likeness (QED) is 0.854. The molecule has 5 heteroatoms. The van der Waals surface area contributed by atoms with Crippen molar-refractivity contribution in [2.45, 2.75) is 25.8 Å². The van der Waals surface area contributed by atoms with Gasteiger partial charge in [-0.15, -0.1) is 0 Å². The van der Waals surface area contributed by atoms with E-state index >= 15 is 0 Å². The minimum atomic E-state index is -0.510. The maximum Gasteiger partial charge on any atom is 0.144 e. The van der Waals surface area contributed by atoms with Gasteiger partial charge in [0.2, 0.25) is 0 Å². The molecule has 1 aliphatic rings. The Labute approximate surface area is 120 Å². The van der Waals surface area contributed by atoms with Gasteiger partial charge in [0.1, 0.15) is 11.6 Å². The summed E-state index contributed by atoms with van der Waals surface area (Å²) in [6.07, 6.45) is 2.86. The molecule has 1 aromatic rings. The summed E-state index contributed by atoms with van der Waals surface area (Å²) in [5.74, 6) is -0.578. The van der Waals surface area contributed by atoms with E-state index in [4.69, 9.17) is 5.11 Å². The van der Waals surface area contributed by atoms with E-state index in [2.05, 4.69) is 20.8 Å². The van der Waals surface area contributed by atoms with Gasteiger partial charge in [0, 0.05) is 25.3 Å². The van der Waals surface area contributed by atoms with E-state index in [1.807, 2.05) is 0 Å². The number of likely N-dealkylation sites (tertiary alicyclic amines) is 1. The molecule has 19 heavy (non-hydrogen) atoms. The molecule has 1 N–H and O–H groups in total. The number of aliphatic hydroxyl groups is 1. The molecule has 2 nitrogen and oxygen atoms in total. The van der Waals surface area contributed by atoms with Gasteiger partial charge in [-0.1, -0.05) is 0 Å². The molecule has 0 bridgehead atoms. The normalized spacial score (nSPS) is 20.7. The predicted molar refractivity (Wildman–Crippen MR) is 73.8 cm³/mol. The molecule has 1 aliphatic heterocycles. The molecule has 0 saturated carbocycles. The van der Waals surface area contributed by atoms with E-state index in [0.29, 0.717) is 16.9 Å². The lowest BCUT2D eigenvalue weighted by Gasteiger charge is -2.32. The fraction of sp³-hybridized carbons (Fsp3) is 0.571. The minimum Gasteiger partial charge on any atom is -0.396 e. The Morgan fingerprint density at radius 2 is 2.16 bits per heavy atom. The molecule has 1 saturated heterocycles. The van der Waals surface area contributed by atoms with Crippen LogP contribution in [0.3, 0.4) is 0 Å². The SMILES string of the molecule is OCCC1CCCN(Cc2c(F)ccc(Br)c2F)C1. The summed E-state index contributed by atoms with van der Waals surface area (Å²) in [5, 5.41) is 8.97. The third-order valence-electron chi connectivity index (χ3n) is 3.66. The molecule has 0 radical (unpaired) electrons. The highest BCUT2D eigenvalue weighted by molar-refractivity contribution is 9.10. The number of piperidine rings is 1. The molecule has 1 heterocycles. The van der Waals surface area contributed by atoms with Gasteiger partial charge in [0.15, 0.2) is 0 Å². The molecule has 0 amide bonds. The van der Waals surface area contributed by atoms with Gasteiger partial charge >= 0.3 is 0 Å². The monoisotopic (exact) mass is 333 g/mol. The van der Waals surface area contributed by atoms with Crippen LogP contribution in [0.15, 0.2) is 16.6 Å². The molecule has 0 aromatic heterocycles. The van der Waals surface area contributed by atoms with Crippen LogP contribution in [0, 0.1) is 17.6 Å². The van der Waals surface area contributed by atoms with Crippen LogP contribution < -0.4 is 0 Å². The Kier molecular flexibility index (Phi) is 5.30. The Hall–Kier alpha value is -0.520. The van der Waals surface area contributed by atoms with Crippen molar-refractivity contribution in [2.24, 2.45) is 5.92 Å². The molecule has 1 fully saturated rings. The Morgan fingerprint density at radius 1 is 1.37 bits per heavy atom. The van der Waals surface area contributed by atoms with Crippen LogP contribution in [-0.4, -0.2) is 29.7 Å². The van der Waals surface area contributed by atoms with Gasteiger partial charge in [-0.25, -0.2) is 8.78 Å². The second kappa shape index (κ2) is 6.77. The zero-order valence-corrected chi connectivity index (χ0v) is 12.3. The van der Waals surface area contributed by atoms with Crippen LogP contribution in [0.25, 0.3) is 0 Å². The van der Waals surface area contributed by atoms with E-state index in [1.54, 1.807) is 0 Å². The second-order valence-electron chi connectivity index (χ2n) is 5.08. The number of aliphatic hydroxyl groups excluding tert-OH is 1. The molecule has 0 aliphatic carbocycles. The number of hydrogen-bond acceptors (Lipinski definition) is 2. The van der Waals surface area contributed by atoms with Crippen LogP contribution in [0.4, 0.5) is 8.78 Å². The highest BCUT2D eigenvalue weighted by Gasteiger charge is 2.22. The summed E-state index contributed by atoms with van der Waals surface area (Å²) in [4.78, 5) is 2.07. The van der Waals surface area contributed by atoms with Crippen molar-refractivity contribution in [3.8, 4) is 0 Å². The third kappa shape index (κ3) is 3.74. The first-order valence-corrected chi connectivity index (χ1v) is 7.36. The van der Waals surface area contributed by atoms with E-state index < -0.39 is 11.6 Å². The van der Waals surface area contributed by atoms with Crippen molar-refractivity contribution in [3.63, 3.8) is 0 Å². The lowest BCUT2D eigenvalue weighted by Crippen LogP contribution is -2.35. The van der Waals surface area contributed by atoms with Crippen molar-refractivity contribution in [1.82, 2.24) is 4.90 Å². The highest BCUT2D eigenvalue weighted by Crippen LogP contribution is 2.26. The van der Waals surface area contributed by atoms with Crippen molar-refractivity contribution in [2.75, 3.05) is 19.7 Å². The van der Waals surface area contributed by atoms with Gasteiger partial charge < -0.3 is 5.11 Å². The van der Waals surface area contributed by atoms with E-state index in [0.717, 1.165) is 32.4 Å². The molecular weight excluding hydrogens is 316 g/mol. The average Bonchev–Trinajstić information content (AvgIpc) is 2.40. The summed E-state index contributed by atoms with van der Waals surface area (Å²) in [6, 6.07) is 2.68. The number of halogens is 3. The summed E-state index contributed by atoms with van der Waals surface area (Å²) < 4.78 is 27.9. The Balaban J connectivity index is 2.06. The van der Waals surface area contributed by atoms with Crippen LogP contribution >= 0.6 is 15.9 Å². The van der Waals surface area contributed by atoms with Crippen molar-refractivity contribution in [3.05, 3.63) is 33.8 Å². The first kappa shape index (κ1) is 14.9. The average molecular weight is 334 g/mol. The second-order valence-corrected chi connectivity index (χ2v) is 5.93. The van der Waals surface area contributed by atoms with E-state index in [1.165, 1.54) is 12.1 Å². The van der Waals surface area contributed by atoms with Gasteiger partial charge in [-0.3, -0.25) is 4.90 Å². The largest absolute Gasteiger partial charge is 0.396 e. The molecule has 0 spiro atoms. The van der Waals surface area contributed by atoms with Crippen LogP contribution in [0.2, 0.25) is 0 Å². The zero-order valence-electron chi connectivity index (χ0n) is 10.7. The number of nitrogens with zero attached hydrogens (tertiary/aromatic N) is 1. The maximum atomic E-state index is 13.9. The third-order valence-corrected chi connectivity index (χ3v) is 4.27. The lowest BCUT2D eigenvalue weighted by atomic mass is 9.95. The van der Waals surface area contributed by atoms with Crippen molar-refractivity contribution < 1.29 is 13.9 Å². The van der Waals surface area contributed by atoms with Crippen LogP contribution in [0.5, 0.6) is 0 Å². The Bertz CT molecular complexity index is 440. The first-order chi connectivity index (χ1) is 9.11.